The standard InChI is InChI=1S/C10H11FN2O2S/c1-2-3-6-13-10-5-4-8(7-9(10)11)16(12,14)15/h1,4-5,7,13H,3,6H2,(H2,12,14,15). The van der Waals surface area contributed by atoms with Crippen molar-refractivity contribution in [1.82, 2.24) is 0 Å². The van der Waals surface area contributed by atoms with Gasteiger partial charge in [-0.2, -0.15) is 0 Å². The van der Waals surface area contributed by atoms with Gasteiger partial charge in [-0.25, -0.2) is 17.9 Å². The number of hydrogen-bond donors (Lipinski definition) is 2. The Bertz CT molecular complexity index is 520. The van der Waals surface area contributed by atoms with Crippen LogP contribution in [-0.4, -0.2) is 15.0 Å². The van der Waals surface area contributed by atoms with E-state index in [1.54, 1.807) is 0 Å². The number of benzene rings is 1. The Kier molecular flexibility index (Phi) is 3.88. The van der Waals surface area contributed by atoms with Crippen LogP contribution >= 0.6 is 0 Å². The molecule has 1 rings (SSSR count). The lowest BCUT2D eigenvalue weighted by atomic mass is 10.3. The first-order valence-electron chi connectivity index (χ1n) is 4.45. The number of rotatable bonds is 4. The first-order chi connectivity index (χ1) is 7.45. The highest BCUT2D eigenvalue weighted by molar-refractivity contribution is 7.89. The van der Waals surface area contributed by atoms with Crippen molar-refractivity contribution in [2.24, 2.45) is 5.14 Å². The number of sulfonamides is 1. The predicted molar refractivity (Wildman–Crippen MR) is 59.7 cm³/mol. The predicted octanol–water partition coefficient (Wildman–Crippen LogP) is 0.908. The fourth-order valence-electron chi connectivity index (χ4n) is 1.09. The molecule has 6 heteroatoms. The number of halogens is 1. The Morgan fingerprint density at radius 3 is 2.69 bits per heavy atom. The van der Waals surface area contributed by atoms with Crippen LogP contribution in [0.15, 0.2) is 23.1 Å². The molecule has 86 valence electrons. The van der Waals surface area contributed by atoms with Crippen LogP contribution in [-0.2, 0) is 10.0 Å². The third-order valence-corrected chi connectivity index (χ3v) is 2.76. The van der Waals surface area contributed by atoms with Gasteiger partial charge >= 0.3 is 0 Å². The van der Waals surface area contributed by atoms with E-state index in [0.29, 0.717) is 13.0 Å². The molecule has 0 radical (unpaired) electrons. The van der Waals surface area contributed by atoms with Crippen molar-refractivity contribution >= 4 is 15.7 Å². The summed E-state index contributed by atoms with van der Waals surface area (Å²) in [7, 11) is -3.87. The maximum Gasteiger partial charge on any atom is 0.238 e. The Balaban J connectivity index is 2.89. The number of terminal acetylenes is 1. The van der Waals surface area contributed by atoms with Crippen LogP contribution in [0.25, 0.3) is 0 Å². The third kappa shape index (κ3) is 3.22. The molecule has 0 saturated heterocycles. The van der Waals surface area contributed by atoms with Crippen molar-refractivity contribution in [1.29, 1.82) is 0 Å². The van der Waals surface area contributed by atoms with E-state index in [4.69, 9.17) is 11.6 Å². The zero-order chi connectivity index (χ0) is 12.2. The molecule has 0 amide bonds. The van der Waals surface area contributed by atoms with E-state index in [9.17, 15) is 12.8 Å². The van der Waals surface area contributed by atoms with E-state index in [-0.39, 0.29) is 10.6 Å². The molecule has 0 aliphatic carbocycles. The first kappa shape index (κ1) is 12.5. The number of nitrogens with two attached hydrogens (primary N) is 1. The molecule has 0 spiro atoms. The zero-order valence-electron chi connectivity index (χ0n) is 8.40. The molecule has 1 aromatic rings. The van der Waals surface area contributed by atoms with Crippen molar-refractivity contribution < 1.29 is 12.8 Å². The smallest absolute Gasteiger partial charge is 0.238 e. The lowest BCUT2D eigenvalue weighted by Gasteiger charge is -2.06. The highest BCUT2D eigenvalue weighted by Crippen LogP contribution is 2.17. The molecule has 0 bridgehead atoms. The lowest BCUT2D eigenvalue weighted by Crippen LogP contribution is -2.13. The second kappa shape index (κ2) is 4.96. The Morgan fingerprint density at radius 1 is 1.50 bits per heavy atom. The summed E-state index contributed by atoms with van der Waals surface area (Å²) in [6.07, 6.45) is 5.49. The van der Waals surface area contributed by atoms with Gasteiger partial charge in [0.25, 0.3) is 0 Å². The highest BCUT2D eigenvalue weighted by Gasteiger charge is 2.10. The first-order valence-corrected chi connectivity index (χ1v) is 5.99. The van der Waals surface area contributed by atoms with E-state index < -0.39 is 15.8 Å². The maximum absolute atomic E-state index is 13.4. The van der Waals surface area contributed by atoms with Gasteiger partial charge in [0.1, 0.15) is 5.82 Å². The number of nitrogens with one attached hydrogen (secondary N) is 1. The van der Waals surface area contributed by atoms with E-state index in [0.717, 1.165) is 6.07 Å². The van der Waals surface area contributed by atoms with Crippen LogP contribution in [0.4, 0.5) is 10.1 Å². The molecule has 0 heterocycles. The minimum Gasteiger partial charge on any atom is -0.382 e. The normalized spacial score (nSPS) is 10.8. The maximum atomic E-state index is 13.4. The minimum atomic E-state index is -3.87. The largest absolute Gasteiger partial charge is 0.382 e. The molecule has 0 atom stereocenters. The summed E-state index contributed by atoms with van der Waals surface area (Å²) >= 11 is 0. The molecule has 16 heavy (non-hydrogen) atoms. The highest BCUT2D eigenvalue weighted by atomic mass is 32.2. The fraction of sp³-hybridized carbons (Fsp3) is 0.200. The van der Waals surface area contributed by atoms with Crippen molar-refractivity contribution in [3.05, 3.63) is 24.0 Å². The fourth-order valence-corrected chi connectivity index (χ4v) is 1.61. The van der Waals surface area contributed by atoms with Crippen LogP contribution < -0.4 is 10.5 Å². The molecular weight excluding hydrogens is 231 g/mol. The van der Waals surface area contributed by atoms with E-state index in [2.05, 4.69) is 11.2 Å². The van der Waals surface area contributed by atoms with Gasteiger partial charge in [0, 0.05) is 13.0 Å². The monoisotopic (exact) mass is 242 g/mol. The Morgan fingerprint density at radius 2 is 2.19 bits per heavy atom. The molecule has 0 aliphatic heterocycles. The molecule has 0 aromatic heterocycles. The van der Waals surface area contributed by atoms with Gasteiger partial charge in [-0.05, 0) is 18.2 Å². The summed E-state index contributed by atoms with van der Waals surface area (Å²) in [5.41, 5.74) is 0.197. The summed E-state index contributed by atoms with van der Waals surface area (Å²) in [5, 5.41) is 7.60. The Hall–Kier alpha value is -1.58. The van der Waals surface area contributed by atoms with Crippen molar-refractivity contribution in [3.63, 3.8) is 0 Å². The summed E-state index contributed by atoms with van der Waals surface area (Å²) in [6.45, 7) is 0.419. The molecule has 1 aromatic carbocycles. The average Bonchev–Trinajstić information content (AvgIpc) is 2.19. The number of hydrogen-bond acceptors (Lipinski definition) is 3. The quantitative estimate of drug-likeness (QED) is 0.609. The van der Waals surface area contributed by atoms with Crippen molar-refractivity contribution in [3.8, 4) is 12.3 Å². The van der Waals surface area contributed by atoms with Gasteiger partial charge in [-0.1, -0.05) is 0 Å². The summed E-state index contributed by atoms with van der Waals surface area (Å²) in [5.74, 6) is 1.71. The van der Waals surface area contributed by atoms with Gasteiger partial charge in [0.15, 0.2) is 0 Å². The van der Waals surface area contributed by atoms with E-state index in [1.807, 2.05) is 0 Å². The summed E-state index contributed by atoms with van der Waals surface area (Å²) < 4.78 is 35.2. The van der Waals surface area contributed by atoms with Crippen LogP contribution in [0.5, 0.6) is 0 Å². The molecule has 0 unspecified atom stereocenters. The summed E-state index contributed by atoms with van der Waals surface area (Å²) in [4.78, 5) is -0.257. The summed E-state index contributed by atoms with van der Waals surface area (Å²) in [6, 6.07) is 3.41. The van der Waals surface area contributed by atoms with E-state index >= 15 is 0 Å². The number of primary sulfonamides is 1. The topological polar surface area (TPSA) is 72.2 Å². The van der Waals surface area contributed by atoms with Gasteiger partial charge in [-0.3, -0.25) is 0 Å². The van der Waals surface area contributed by atoms with Gasteiger partial charge in [0.05, 0.1) is 10.6 Å². The molecular formula is C10H11FN2O2S. The van der Waals surface area contributed by atoms with Crippen LogP contribution in [0.2, 0.25) is 0 Å². The average molecular weight is 242 g/mol. The molecule has 0 aliphatic rings. The molecule has 0 fully saturated rings. The third-order valence-electron chi connectivity index (χ3n) is 1.85. The second-order valence-corrected chi connectivity index (χ2v) is 4.63. The lowest BCUT2D eigenvalue weighted by molar-refractivity contribution is 0.593. The molecule has 3 N–H and O–H groups in total. The van der Waals surface area contributed by atoms with Crippen LogP contribution in [0, 0.1) is 18.2 Å². The number of anilines is 1. The van der Waals surface area contributed by atoms with Crippen molar-refractivity contribution in [2.45, 2.75) is 11.3 Å². The zero-order valence-corrected chi connectivity index (χ0v) is 9.22. The Labute approximate surface area is 93.7 Å². The van der Waals surface area contributed by atoms with Gasteiger partial charge < -0.3 is 5.32 Å². The van der Waals surface area contributed by atoms with Gasteiger partial charge in [-0.15, -0.1) is 12.3 Å². The van der Waals surface area contributed by atoms with Crippen LogP contribution in [0.3, 0.4) is 0 Å². The second-order valence-electron chi connectivity index (χ2n) is 3.07. The minimum absolute atomic E-state index is 0.197. The van der Waals surface area contributed by atoms with Crippen LogP contribution in [0.1, 0.15) is 6.42 Å². The molecule has 4 nitrogen and oxygen atoms in total. The van der Waals surface area contributed by atoms with Gasteiger partial charge in [0.2, 0.25) is 10.0 Å². The van der Waals surface area contributed by atoms with Crippen molar-refractivity contribution in [2.75, 3.05) is 11.9 Å². The molecule has 0 saturated carbocycles. The SMILES string of the molecule is C#CCCNc1ccc(S(N)(=O)=O)cc1F. The van der Waals surface area contributed by atoms with E-state index in [1.165, 1.54) is 12.1 Å².